The predicted octanol–water partition coefficient (Wildman–Crippen LogP) is 3.52. The summed E-state index contributed by atoms with van der Waals surface area (Å²) in [6.07, 6.45) is 5.11. The van der Waals surface area contributed by atoms with Crippen LogP contribution in [0.25, 0.3) is 0 Å². The monoisotopic (exact) mass is 240 g/mol. The fourth-order valence-electron chi connectivity index (χ4n) is 2.67. The minimum atomic E-state index is -0.459. The molecule has 90 valence electrons. The number of aliphatic hydroxyl groups excluding tert-OH is 1. The second kappa shape index (κ2) is 5.30. The first-order valence-electron chi connectivity index (χ1n) is 6.12. The van der Waals surface area contributed by atoms with Crippen LogP contribution >= 0.6 is 11.3 Å². The maximum absolute atomic E-state index is 10.5. The van der Waals surface area contributed by atoms with Crippen molar-refractivity contribution in [3.05, 3.63) is 22.4 Å². The van der Waals surface area contributed by atoms with Crippen LogP contribution in [0.15, 0.2) is 16.8 Å². The fraction of sp³-hybridized carbons (Fsp3) is 0.692. The Morgan fingerprint density at radius 1 is 1.44 bits per heavy atom. The van der Waals surface area contributed by atoms with Gasteiger partial charge in [-0.3, -0.25) is 0 Å². The Hall–Kier alpha value is -0.380. The van der Waals surface area contributed by atoms with E-state index in [0.717, 1.165) is 18.4 Å². The SMILES string of the molecule is CCOC1(C(O)c2ccsc2)CCCCC1. The normalized spacial score (nSPS) is 21.9. The Kier molecular flexibility index (Phi) is 4.00. The number of thiophene rings is 1. The van der Waals surface area contributed by atoms with E-state index in [1.165, 1.54) is 19.3 Å². The van der Waals surface area contributed by atoms with Crippen LogP contribution in [0, 0.1) is 0 Å². The van der Waals surface area contributed by atoms with Crippen LogP contribution in [0.4, 0.5) is 0 Å². The molecule has 1 saturated carbocycles. The van der Waals surface area contributed by atoms with Crippen molar-refractivity contribution in [3.63, 3.8) is 0 Å². The molecule has 1 atom stereocenters. The standard InChI is InChI=1S/C13H20O2S/c1-2-15-13(7-4-3-5-8-13)12(14)11-6-9-16-10-11/h6,9-10,12,14H,2-5,7-8H2,1H3. The molecule has 2 rings (SSSR count). The van der Waals surface area contributed by atoms with E-state index in [4.69, 9.17) is 4.74 Å². The molecule has 0 amide bonds. The second-order valence-corrected chi connectivity index (χ2v) is 5.30. The summed E-state index contributed by atoms with van der Waals surface area (Å²) in [4.78, 5) is 0. The lowest BCUT2D eigenvalue weighted by molar-refractivity contribution is -0.141. The Bertz CT molecular complexity index is 296. The van der Waals surface area contributed by atoms with Gasteiger partial charge in [0.05, 0.1) is 5.60 Å². The highest BCUT2D eigenvalue weighted by molar-refractivity contribution is 7.07. The van der Waals surface area contributed by atoms with E-state index in [2.05, 4.69) is 0 Å². The molecule has 0 aliphatic heterocycles. The van der Waals surface area contributed by atoms with E-state index in [-0.39, 0.29) is 5.60 Å². The Balaban J connectivity index is 2.17. The molecule has 1 aliphatic carbocycles. The first-order chi connectivity index (χ1) is 7.78. The summed E-state index contributed by atoms with van der Waals surface area (Å²) in [5.74, 6) is 0. The van der Waals surface area contributed by atoms with Crippen LogP contribution in [-0.4, -0.2) is 17.3 Å². The van der Waals surface area contributed by atoms with E-state index >= 15 is 0 Å². The number of rotatable bonds is 4. The van der Waals surface area contributed by atoms with E-state index in [9.17, 15) is 5.11 Å². The smallest absolute Gasteiger partial charge is 0.109 e. The topological polar surface area (TPSA) is 29.5 Å². The predicted molar refractivity (Wildman–Crippen MR) is 66.7 cm³/mol. The lowest BCUT2D eigenvalue weighted by atomic mass is 9.78. The van der Waals surface area contributed by atoms with Gasteiger partial charge >= 0.3 is 0 Å². The molecule has 3 heteroatoms. The Morgan fingerprint density at radius 2 is 2.19 bits per heavy atom. The van der Waals surface area contributed by atoms with Crippen LogP contribution in [-0.2, 0) is 4.74 Å². The molecule has 1 heterocycles. The van der Waals surface area contributed by atoms with Crippen LogP contribution in [0.1, 0.15) is 50.7 Å². The van der Waals surface area contributed by atoms with Crippen molar-refractivity contribution in [3.8, 4) is 0 Å². The molecule has 2 nitrogen and oxygen atoms in total. The molecule has 1 fully saturated rings. The fourth-order valence-corrected chi connectivity index (χ4v) is 3.35. The highest BCUT2D eigenvalue weighted by atomic mass is 32.1. The van der Waals surface area contributed by atoms with Gasteiger partial charge in [0.25, 0.3) is 0 Å². The van der Waals surface area contributed by atoms with Crippen molar-refractivity contribution in [2.45, 2.75) is 50.7 Å². The second-order valence-electron chi connectivity index (χ2n) is 4.52. The van der Waals surface area contributed by atoms with Crippen molar-refractivity contribution in [2.24, 2.45) is 0 Å². The summed E-state index contributed by atoms with van der Waals surface area (Å²) in [5, 5.41) is 14.5. The molecular formula is C13H20O2S. The summed E-state index contributed by atoms with van der Waals surface area (Å²) in [6, 6.07) is 2.00. The average molecular weight is 240 g/mol. The van der Waals surface area contributed by atoms with Crippen LogP contribution in [0.5, 0.6) is 0 Å². The molecule has 1 N–H and O–H groups in total. The largest absolute Gasteiger partial charge is 0.385 e. The van der Waals surface area contributed by atoms with Gasteiger partial charge in [-0.1, -0.05) is 19.3 Å². The van der Waals surface area contributed by atoms with Gasteiger partial charge < -0.3 is 9.84 Å². The first kappa shape index (κ1) is 12.1. The lowest BCUT2D eigenvalue weighted by Crippen LogP contribution is -2.41. The summed E-state index contributed by atoms with van der Waals surface area (Å²) < 4.78 is 5.91. The number of hydrogen-bond acceptors (Lipinski definition) is 3. The molecule has 0 saturated heterocycles. The van der Waals surface area contributed by atoms with E-state index in [1.807, 2.05) is 23.8 Å². The molecular weight excluding hydrogens is 220 g/mol. The molecule has 1 aromatic heterocycles. The molecule has 0 radical (unpaired) electrons. The van der Waals surface area contributed by atoms with Gasteiger partial charge in [0.1, 0.15) is 6.10 Å². The van der Waals surface area contributed by atoms with Crippen molar-refractivity contribution in [1.29, 1.82) is 0 Å². The highest BCUT2D eigenvalue weighted by Crippen LogP contribution is 2.41. The molecule has 0 aromatic carbocycles. The van der Waals surface area contributed by atoms with Gasteiger partial charge in [0.15, 0.2) is 0 Å². The van der Waals surface area contributed by atoms with Crippen molar-refractivity contribution in [1.82, 2.24) is 0 Å². The van der Waals surface area contributed by atoms with E-state index in [1.54, 1.807) is 11.3 Å². The third-order valence-corrected chi connectivity index (χ3v) is 4.19. The van der Waals surface area contributed by atoms with Gasteiger partial charge in [-0.05, 0) is 42.2 Å². The van der Waals surface area contributed by atoms with Crippen LogP contribution < -0.4 is 0 Å². The Labute approximate surface area is 101 Å². The molecule has 16 heavy (non-hydrogen) atoms. The first-order valence-corrected chi connectivity index (χ1v) is 7.07. The molecule has 1 aromatic rings. The van der Waals surface area contributed by atoms with Gasteiger partial charge in [0, 0.05) is 6.61 Å². The summed E-state index contributed by atoms with van der Waals surface area (Å²) in [7, 11) is 0. The quantitative estimate of drug-likeness (QED) is 0.872. The minimum absolute atomic E-state index is 0.325. The summed E-state index contributed by atoms with van der Waals surface area (Å²) in [6.45, 7) is 2.69. The molecule has 0 spiro atoms. The zero-order valence-electron chi connectivity index (χ0n) is 9.82. The van der Waals surface area contributed by atoms with Gasteiger partial charge in [-0.2, -0.15) is 11.3 Å². The molecule has 0 bridgehead atoms. The lowest BCUT2D eigenvalue weighted by Gasteiger charge is -2.40. The molecule has 1 aliphatic rings. The summed E-state index contributed by atoms with van der Waals surface area (Å²) >= 11 is 1.63. The maximum Gasteiger partial charge on any atom is 0.109 e. The average Bonchev–Trinajstić information content (AvgIpc) is 2.83. The van der Waals surface area contributed by atoms with Crippen molar-refractivity contribution in [2.75, 3.05) is 6.61 Å². The Morgan fingerprint density at radius 3 is 2.75 bits per heavy atom. The number of hydrogen-bond donors (Lipinski definition) is 1. The highest BCUT2D eigenvalue weighted by Gasteiger charge is 2.40. The zero-order valence-corrected chi connectivity index (χ0v) is 10.6. The summed E-state index contributed by atoms with van der Waals surface area (Å²) in [5.41, 5.74) is 0.689. The van der Waals surface area contributed by atoms with Crippen molar-refractivity contribution < 1.29 is 9.84 Å². The van der Waals surface area contributed by atoms with Gasteiger partial charge in [0.2, 0.25) is 0 Å². The number of aliphatic hydroxyl groups is 1. The number of ether oxygens (including phenoxy) is 1. The van der Waals surface area contributed by atoms with Crippen molar-refractivity contribution >= 4 is 11.3 Å². The van der Waals surface area contributed by atoms with E-state index < -0.39 is 6.10 Å². The van der Waals surface area contributed by atoms with Gasteiger partial charge in [-0.25, -0.2) is 0 Å². The minimum Gasteiger partial charge on any atom is -0.385 e. The third kappa shape index (κ3) is 2.31. The van der Waals surface area contributed by atoms with Gasteiger partial charge in [-0.15, -0.1) is 0 Å². The van der Waals surface area contributed by atoms with E-state index in [0.29, 0.717) is 6.61 Å². The zero-order chi connectivity index (χ0) is 11.4. The maximum atomic E-state index is 10.5. The van der Waals surface area contributed by atoms with Crippen LogP contribution in [0.2, 0.25) is 0 Å². The third-order valence-electron chi connectivity index (χ3n) is 3.49. The van der Waals surface area contributed by atoms with Crippen LogP contribution in [0.3, 0.4) is 0 Å². The molecule has 1 unspecified atom stereocenters.